The fourth-order valence-electron chi connectivity index (χ4n) is 5.36. The molecule has 0 saturated carbocycles. The average molecular weight is 463 g/mol. The first kappa shape index (κ1) is 25.0. The van der Waals surface area contributed by atoms with Gasteiger partial charge in [0.2, 0.25) is 0 Å². The van der Waals surface area contributed by atoms with Crippen molar-refractivity contribution < 1.29 is 5.11 Å². The summed E-state index contributed by atoms with van der Waals surface area (Å²) in [5.74, 6) is 0. The molecule has 0 amide bonds. The van der Waals surface area contributed by atoms with E-state index < -0.39 is 26.5 Å². The summed E-state index contributed by atoms with van der Waals surface area (Å²) >= 11 is -2.24. The molecule has 0 rings (SSSR count). The van der Waals surface area contributed by atoms with Crippen LogP contribution in [0.1, 0.15) is 86.5 Å². The average Bonchev–Trinajstić information content (AvgIpc) is 2.62. The molecule has 0 heterocycles. The Balaban J connectivity index is 5.88. The van der Waals surface area contributed by atoms with E-state index in [0.717, 1.165) is 9.98 Å². The molecular weight excluding hydrogens is 415 g/mol. The first-order valence-electron chi connectivity index (χ1n) is 11.2. The summed E-state index contributed by atoms with van der Waals surface area (Å²) in [6, 6.07) is 4.36. The van der Waals surface area contributed by atoms with Gasteiger partial charge in [0.1, 0.15) is 0 Å². The second kappa shape index (κ2) is 14.1. The molecule has 1 unspecified atom stereocenters. The quantitative estimate of drug-likeness (QED) is 0.233. The van der Waals surface area contributed by atoms with Gasteiger partial charge in [0.15, 0.2) is 0 Å². The molecule has 1 nitrogen and oxygen atoms in total. The topological polar surface area (TPSA) is 20.2 Å². The Labute approximate surface area is 159 Å². The van der Waals surface area contributed by atoms with Crippen molar-refractivity contribution in [3.05, 3.63) is 0 Å². The van der Waals surface area contributed by atoms with Crippen LogP contribution in [0.15, 0.2) is 0 Å². The monoisotopic (exact) mass is 464 g/mol. The zero-order valence-corrected chi connectivity index (χ0v) is 21.8. The minimum atomic E-state index is -2.24. The molecule has 0 aromatic carbocycles. The van der Waals surface area contributed by atoms with Gasteiger partial charge in [-0.2, -0.15) is 0 Å². The molecule has 146 valence electrons. The molecule has 0 aliphatic carbocycles. The Kier molecular flexibility index (Phi) is 14.7. The van der Waals surface area contributed by atoms with Crippen LogP contribution in [0.4, 0.5) is 0 Å². The molecule has 0 aliphatic heterocycles. The van der Waals surface area contributed by atoms with Gasteiger partial charge >= 0.3 is 160 Å². The molecular formula is C21H48OSiSn. The van der Waals surface area contributed by atoms with Crippen molar-refractivity contribution in [1.29, 1.82) is 0 Å². The number of rotatable bonds is 16. The molecule has 0 saturated heterocycles. The summed E-state index contributed by atoms with van der Waals surface area (Å²) in [6.07, 6.45) is 9.65. The van der Waals surface area contributed by atoms with Crippen molar-refractivity contribution in [2.24, 2.45) is 0 Å². The predicted molar refractivity (Wildman–Crippen MR) is 118 cm³/mol. The van der Waals surface area contributed by atoms with E-state index in [-0.39, 0.29) is 0 Å². The fraction of sp³-hybridized carbons (Fsp3) is 1.00. The molecule has 0 aromatic rings. The first-order valence-corrected chi connectivity index (χ1v) is 21.6. The normalized spacial score (nSPS) is 14.1. The number of hydrogen-bond acceptors (Lipinski definition) is 1. The number of hydrogen-bond donors (Lipinski definition) is 1. The van der Waals surface area contributed by atoms with Crippen LogP contribution in [-0.4, -0.2) is 38.2 Å². The second-order valence-electron chi connectivity index (χ2n) is 8.16. The first-order chi connectivity index (χ1) is 11.6. The Morgan fingerprint density at radius 2 is 1.08 bits per heavy atom. The molecule has 0 aromatic heterocycles. The van der Waals surface area contributed by atoms with Crippen molar-refractivity contribution in [2.75, 3.05) is 6.61 Å². The SMILES string of the molecule is CCC[CH2][Sn]([CH2]CCC)([CH2]CCC)[CH](CCO)[Si](CC)(CC)CC. The van der Waals surface area contributed by atoms with Gasteiger partial charge in [0.25, 0.3) is 0 Å². The van der Waals surface area contributed by atoms with Crippen molar-refractivity contribution >= 4 is 26.5 Å². The molecule has 0 aliphatic rings. The Morgan fingerprint density at radius 3 is 1.33 bits per heavy atom. The van der Waals surface area contributed by atoms with Crippen LogP contribution in [-0.2, 0) is 0 Å². The molecule has 0 radical (unpaired) electrons. The Morgan fingerprint density at radius 1 is 0.708 bits per heavy atom. The van der Waals surface area contributed by atoms with Gasteiger partial charge in [-0.05, 0) is 0 Å². The third-order valence-corrected chi connectivity index (χ3v) is 39.0. The predicted octanol–water partition coefficient (Wildman–Crippen LogP) is 7.64. The van der Waals surface area contributed by atoms with Gasteiger partial charge in [-0.25, -0.2) is 0 Å². The summed E-state index contributed by atoms with van der Waals surface area (Å²) in [5.41, 5.74) is 0. The number of aliphatic hydroxyl groups excluding tert-OH is 1. The van der Waals surface area contributed by atoms with Crippen molar-refractivity contribution in [3.8, 4) is 0 Å². The summed E-state index contributed by atoms with van der Waals surface area (Å²) in [5, 5.41) is 9.98. The van der Waals surface area contributed by atoms with E-state index >= 15 is 0 Å². The molecule has 0 bridgehead atoms. The van der Waals surface area contributed by atoms with Gasteiger partial charge in [0.05, 0.1) is 0 Å². The zero-order chi connectivity index (χ0) is 18.5. The van der Waals surface area contributed by atoms with E-state index in [9.17, 15) is 5.11 Å². The van der Waals surface area contributed by atoms with Crippen molar-refractivity contribution in [2.45, 2.75) is 121 Å². The number of unbranched alkanes of at least 4 members (excludes halogenated alkanes) is 3. The van der Waals surface area contributed by atoms with Gasteiger partial charge in [-0.15, -0.1) is 0 Å². The summed E-state index contributed by atoms with van der Waals surface area (Å²) < 4.78 is 5.88. The van der Waals surface area contributed by atoms with E-state index in [1.165, 1.54) is 56.7 Å². The molecule has 24 heavy (non-hydrogen) atoms. The van der Waals surface area contributed by atoms with Crippen LogP contribution in [0.2, 0.25) is 35.0 Å². The van der Waals surface area contributed by atoms with E-state index in [1.54, 1.807) is 13.3 Å². The molecule has 0 spiro atoms. The van der Waals surface area contributed by atoms with E-state index in [2.05, 4.69) is 41.5 Å². The second-order valence-corrected chi connectivity index (χ2v) is 29.4. The van der Waals surface area contributed by atoms with Crippen LogP contribution < -0.4 is 0 Å². The molecule has 1 N–H and O–H groups in total. The third kappa shape index (κ3) is 6.94. The summed E-state index contributed by atoms with van der Waals surface area (Å²) in [4.78, 5) is 0. The maximum atomic E-state index is 9.98. The maximum absolute atomic E-state index is 9.98. The molecule has 1 atom stereocenters. The zero-order valence-electron chi connectivity index (χ0n) is 17.9. The van der Waals surface area contributed by atoms with Crippen molar-refractivity contribution in [1.82, 2.24) is 0 Å². The van der Waals surface area contributed by atoms with Crippen LogP contribution in [0.5, 0.6) is 0 Å². The fourth-order valence-corrected chi connectivity index (χ4v) is 46.0. The molecule has 3 heteroatoms. The standard InChI is InChI=1S/C9H21OSi.3C4H9.Sn/c1-4-11(5-2,6-3)9-7-8-10;3*1-3-4-2;/h9-10H,4-8H2,1-3H3;3*1,3-4H2,2H3;. The van der Waals surface area contributed by atoms with Gasteiger partial charge < -0.3 is 0 Å². The van der Waals surface area contributed by atoms with Gasteiger partial charge in [0, 0.05) is 0 Å². The van der Waals surface area contributed by atoms with E-state index in [4.69, 9.17) is 0 Å². The van der Waals surface area contributed by atoms with E-state index in [1.807, 2.05) is 0 Å². The van der Waals surface area contributed by atoms with Gasteiger partial charge in [-0.3, -0.25) is 0 Å². The van der Waals surface area contributed by atoms with Crippen LogP contribution in [0.3, 0.4) is 0 Å². The van der Waals surface area contributed by atoms with Gasteiger partial charge in [-0.1, -0.05) is 0 Å². The Hall–Kier alpha value is 0.976. The summed E-state index contributed by atoms with van der Waals surface area (Å²) in [7, 11) is -1.22. The van der Waals surface area contributed by atoms with Crippen LogP contribution in [0.25, 0.3) is 0 Å². The minimum absolute atomic E-state index is 0.447. The van der Waals surface area contributed by atoms with Crippen LogP contribution >= 0.6 is 0 Å². The number of aliphatic hydroxyl groups is 1. The van der Waals surface area contributed by atoms with E-state index in [0.29, 0.717) is 6.61 Å². The third-order valence-electron chi connectivity index (χ3n) is 7.09. The summed E-state index contributed by atoms with van der Waals surface area (Å²) in [6.45, 7) is 15.0. The van der Waals surface area contributed by atoms with Crippen LogP contribution in [0, 0.1) is 0 Å². The van der Waals surface area contributed by atoms with Crippen molar-refractivity contribution in [3.63, 3.8) is 0 Å². The Bertz CT molecular complexity index is 262. The molecule has 0 fully saturated rings.